The maximum Gasteiger partial charge on any atom is 0.127 e. The zero-order valence-corrected chi connectivity index (χ0v) is 11.5. The molecule has 0 radical (unpaired) electrons. The molecule has 2 aromatic carbocycles. The summed E-state index contributed by atoms with van der Waals surface area (Å²) in [6.45, 7) is 2.12. The molecule has 0 aliphatic carbocycles. The van der Waals surface area contributed by atoms with Crippen LogP contribution in [0.5, 0.6) is 17.2 Å². The van der Waals surface area contributed by atoms with Crippen LogP contribution in [0.4, 0.5) is 0 Å². The molecule has 1 N–H and O–H groups in total. The molecule has 0 saturated heterocycles. The van der Waals surface area contributed by atoms with Gasteiger partial charge in [-0.15, -0.1) is 0 Å². The molecule has 2 aromatic rings. The second kappa shape index (κ2) is 6.25. The summed E-state index contributed by atoms with van der Waals surface area (Å²) in [6.07, 6.45) is 0. The maximum absolute atomic E-state index is 5.83. The first kappa shape index (κ1) is 13.4. The highest BCUT2D eigenvalue weighted by Crippen LogP contribution is 2.25. The molecule has 3 heteroatoms. The summed E-state index contributed by atoms with van der Waals surface area (Å²) in [4.78, 5) is 0. The van der Waals surface area contributed by atoms with Gasteiger partial charge < -0.3 is 14.8 Å². The van der Waals surface area contributed by atoms with Gasteiger partial charge in [-0.05, 0) is 55.9 Å². The first-order valence-electron chi connectivity index (χ1n) is 6.32. The van der Waals surface area contributed by atoms with Crippen LogP contribution in [-0.2, 0) is 0 Å². The standard InChI is InChI=1S/C16H19NO2/c1-12(17-2)13-5-4-6-16(11-13)19-15-9-7-14(18-3)8-10-15/h4-12,17H,1-3H3. The molecule has 0 amide bonds. The van der Waals surface area contributed by atoms with Crippen LogP contribution in [0.1, 0.15) is 18.5 Å². The van der Waals surface area contributed by atoms with Gasteiger partial charge in [0.15, 0.2) is 0 Å². The van der Waals surface area contributed by atoms with Crippen LogP contribution >= 0.6 is 0 Å². The quantitative estimate of drug-likeness (QED) is 0.884. The van der Waals surface area contributed by atoms with Gasteiger partial charge in [-0.3, -0.25) is 0 Å². The van der Waals surface area contributed by atoms with Gasteiger partial charge in [0, 0.05) is 6.04 Å². The number of nitrogens with one attached hydrogen (secondary N) is 1. The van der Waals surface area contributed by atoms with Gasteiger partial charge in [-0.1, -0.05) is 12.1 Å². The summed E-state index contributed by atoms with van der Waals surface area (Å²) in [5.74, 6) is 2.46. The highest BCUT2D eigenvalue weighted by Gasteiger charge is 2.04. The van der Waals surface area contributed by atoms with E-state index < -0.39 is 0 Å². The Morgan fingerprint density at radius 3 is 2.26 bits per heavy atom. The molecule has 2 rings (SSSR count). The van der Waals surface area contributed by atoms with Gasteiger partial charge in [-0.2, -0.15) is 0 Å². The third-order valence-electron chi connectivity index (χ3n) is 3.09. The van der Waals surface area contributed by atoms with Crippen molar-refractivity contribution in [2.45, 2.75) is 13.0 Å². The first-order valence-corrected chi connectivity index (χ1v) is 6.32. The molecule has 0 aromatic heterocycles. The Kier molecular flexibility index (Phi) is 4.42. The Balaban J connectivity index is 2.13. The van der Waals surface area contributed by atoms with E-state index in [4.69, 9.17) is 9.47 Å². The van der Waals surface area contributed by atoms with E-state index in [1.807, 2.05) is 49.5 Å². The number of methoxy groups -OCH3 is 1. The Morgan fingerprint density at radius 1 is 0.947 bits per heavy atom. The second-order valence-electron chi connectivity index (χ2n) is 4.36. The molecule has 0 aliphatic rings. The van der Waals surface area contributed by atoms with Gasteiger partial charge in [-0.25, -0.2) is 0 Å². The third kappa shape index (κ3) is 3.48. The molecule has 100 valence electrons. The van der Waals surface area contributed by atoms with E-state index >= 15 is 0 Å². The van der Waals surface area contributed by atoms with Crippen molar-refractivity contribution in [3.8, 4) is 17.2 Å². The van der Waals surface area contributed by atoms with Crippen LogP contribution < -0.4 is 14.8 Å². The molecule has 1 unspecified atom stereocenters. The van der Waals surface area contributed by atoms with Crippen LogP contribution in [0.3, 0.4) is 0 Å². The summed E-state index contributed by atoms with van der Waals surface area (Å²) < 4.78 is 11.0. The fourth-order valence-corrected chi connectivity index (χ4v) is 1.79. The minimum absolute atomic E-state index is 0.305. The molecular formula is C16H19NO2. The molecule has 0 spiro atoms. The lowest BCUT2D eigenvalue weighted by atomic mass is 10.1. The first-order chi connectivity index (χ1) is 9.22. The zero-order valence-electron chi connectivity index (χ0n) is 11.5. The summed E-state index contributed by atoms with van der Waals surface area (Å²) >= 11 is 0. The van der Waals surface area contributed by atoms with Crippen molar-refractivity contribution in [2.75, 3.05) is 14.2 Å². The summed E-state index contributed by atoms with van der Waals surface area (Å²) in [5.41, 5.74) is 1.20. The Bertz CT molecular complexity index is 523. The fraction of sp³-hybridized carbons (Fsp3) is 0.250. The predicted molar refractivity (Wildman–Crippen MR) is 77.0 cm³/mol. The van der Waals surface area contributed by atoms with E-state index in [9.17, 15) is 0 Å². The molecule has 3 nitrogen and oxygen atoms in total. The lowest BCUT2D eigenvalue weighted by molar-refractivity contribution is 0.413. The highest BCUT2D eigenvalue weighted by molar-refractivity contribution is 5.37. The van der Waals surface area contributed by atoms with Crippen molar-refractivity contribution in [1.82, 2.24) is 5.32 Å². The largest absolute Gasteiger partial charge is 0.497 e. The van der Waals surface area contributed by atoms with E-state index in [-0.39, 0.29) is 0 Å². The normalized spacial score (nSPS) is 11.9. The topological polar surface area (TPSA) is 30.5 Å². The predicted octanol–water partition coefficient (Wildman–Crippen LogP) is 3.77. The van der Waals surface area contributed by atoms with Crippen LogP contribution in [0.15, 0.2) is 48.5 Å². The van der Waals surface area contributed by atoms with Crippen molar-refractivity contribution in [3.05, 3.63) is 54.1 Å². The van der Waals surface area contributed by atoms with Crippen molar-refractivity contribution in [1.29, 1.82) is 0 Å². The Morgan fingerprint density at radius 2 is 1.63 bits per heavy atom. The average Bonchev–Trinajstić information content (AvgIpc) is 2.47. The molecule has 19 heavy (non-hydrogen) atoms. The van der Waals surface area contributed by atoms with Gasteiger partial charge in [0.25, 0.3) is 0 Å². The van der Waals surface area contributed by atoms with E-state index in [1.54, 1.807) is 7.11 Å². The third-order valence-corrected chi connectivity index (χ3v) is 3.09. The van der Waals surface area contributed by atoms with E-state index in [0.717, 1.165) is 17.2 Å². The molecular weight excluding hydrogens is 238 g/mol. The van der Waals surface area contributed by atoms with E-state index in [1.165, 1.54) is 5.56 Å². The molecule has 0 saturated carbocycles. The van der Waals surface area contributed by atoms with E-state index in [2.05, 4.69) is 18.3 Å². The highest BCUT2D eigenvalue weighted by atomic mass is 16.5. The number of hydrogen-bond acceptors (Lipinski definition) is 3. The minimum atomic E-state index is 0.305. The monoisotopic (exact) mass is 257 g/mol. The summed E-state index contributed by atoms with van der Waals surface area (Å²) in [5, 5.41) is 3.22. The van der Waals surface area contributed by atoms with Crippen LogP contribution in [-0.4, -0.2) is 14.2 Å². The van der Waals surface area contributed by atoms with Gasteiger partial charge in [0.1, 0.15) is 17.2 Å². The van der Waals surface area contributed by atoms with Crippen LogP contribution in [0.2, 0.25) is 0 Å². The van der Waals surface area contributed by atoms with Crippen molar-refractivity contribution in [2.24, 2.45) is 0 Å². The molecule has 0 fully saturated rings. The Hall–Kier alpha value is -2.00. The van der Waals surface area contributed by atoms with Crippen LogP contribution in [0, 0.1) is 0 Å². The van der Waals surface area contributed by atoms with Crippen molar-refractivity contribution < 1.29 is 9.47 Å². The second-order valence-corrected chi connectivity index (χ2v) is 4.36. The van der Waals surface area contributed by atoms with Gasteiger partial charge in [0.05, 0.1) is 7.11 Å². The lowest BCUT2D eigenvalue weighted by Crippen LogP contribution is -2.11. The number of benzene rings is 2. The zero-order chi connectivity index (χ0) is 13.7. The summed E-state index contributed by atoms with van der Waals surface area (Å²) in [7, 11) is 3.60. The van der Waals surface area contributed by atoms with Crippen molar-refractivity contribution in [3.63, 3.8) is 0 Å². The SMILES string of the molecule is CNC(C)c1cccc(Oc2ccc(OC)cc2)c1. The molecule has 0 bridgehead atoms. The number of hydrogen-bond donors (Lipinski definition) is 1. The molecule has 1 atom stereocenters. The average molecular weight is 257 g/mol. The van der Waals surface area contributed by atoms with Gasteiger partial charge >= 0.3 is 0 Å². The smallest absolute Gasteiger partial charge is 0.127 e. The lowest BCUT2D eigenvalue weighted by Gasteiger charge is -2.12. The maximum atomic E-state index is 5.83. The summed E-state index contributed by atoms with van der Waals surface area (Å²) in [6, 6.07) is 16.0. The van der Waals surface area contributed by atoms with Crippen LogP contribution in [0.25, 0.3) is 0 Å². The minimum Gasteiger partial charge on any atom is -0.497 e. The molecule has 0 aliphatic heterocycles. The number of ether oxygens (including phenoxy) is 2. The fourth-order valence-electron chi connectivity index (χ4n) is 1.79. The van der Waals surface area contributed by atoms with E-state index in [0.29, 0.717) is 6.04 Å². The van der Waals surface area contributed by atoms with Gasteiger partial charge in [0.2, 0.25) is 0 Å². The van der Waals surface area contributed by atoms with Crippen molar-refractivity contribution >= 4 is 0 Å². The number of rotatable bonds is 5. The Labute approximate surface area is 114 Å². The molecule has 0 heterocycles.